The van der Waals surface area contributed by atoms with Gasteiger partial charge in [-0.05, 0) is 44.5 Å². The van der Waals surface area contributed by atoms with Gasteiger partial charge < -0.3 is 14.5 Å². The van der Waals surface area contributed by atoms with E-state index in [0.717, 1.165) is 5.69 Å². The lowest BCUT2D eigenvalue weighted by Crippen LogP contribution is -2.33. The zero-order valence-corrected chi connectivity index (χ0v) is 24.0. The number of carbonyl (C=O) groups is 4. The molecule has 0 unspecified atom stereocenters. The third-order valence-electron chi connectivity index (χ3n) is 6.50. The first-order valence-corrected chi connectivity index (χ1v) is 13.3. The molecular weight excluding hydrogens is 515 g/mol. The van der Waals surface area contributed by atoms with E-state index in [-0.39, 0.29) is 36.7 Å². The molecule has 0 saturated heterocycles. The maximum atomic E-state index is 13.5. The van der Waals surface area contributed by atoms with Crippen molar-refractivity contribution in [2.24, 2.45) is 5.41 Å². The lowest BCUT2D eigenvalue weighted by Gasteiger charge is -2.32. The molecule has 1 amide bonds. The Hall–Kier alpha value is -2.64. The van der Waals surface area contributed by atoms with Crippen LogP contribution in [-0.2, 0) is 19.2 Å². The van der Waals surface area contributed by atoms with Gasteiger partial charge >= 0.3 is 5.97 Å². The number of Topliss-reactive ketones (excluding diaryl/α,β-unsaturated/α-hetero) is 2. The molecule has 37 heavy (non-hydrogen) atoms. The SMILES string of the molecule is CC1=C(CCC(=O)N(C)C)C(=O)C(C(C)(C)CC(=O)Oc2ccc(N(CCCl)CCCl)cc2)=C(C)C1=O. The van der Waals surface area contributed by atoms with Crippen molar-refractivity contribution >= 4 is 52.3 Å². The van der Waals surface area contributed by atoms with E-state index in [0.29, 0.717) is 52.9 Å². The fourth-order valence-electron chi connectivity index (χ4n) is 4.51. The highest BCUT2D eigenvalue weighted by molar-refractivity contribution is 6.25. The summed E-state index contributed by atoms with van der Waals surface area (Å²) in [6.45, 7) is 8.01. The second-order valence-corrected chi connectivity index (χ2v) is 10.7. The van der Waals surface area contributed by atoms with Crippen LogP contribution in [0.3, 0.4) is 0 Å². The number of nitrogens with zero attached hydrogens (tertiary/aromatic N) is 2. The summed E-state index contributed by atoms with van der Waals surface area (Å²) in [4.78, 5) is 54.9. The first-order chi connectivity index (χ1) is 17.3. The minimum Gasteiger partial charge on any atom is -0.427 e. The van der Waals surface area contributed by atoms with Crippen LogP contribution in [0.4, 0.5) is 5.69 Å². The van der Waals surface area contributed by atoms with Crippen LogP contribution in [0.2, 0.25) is 0 Å². The number of ketones is 2. The number of anilines is 1. The van der Waals surface area contributed by atoms with E-state index in [1.165, 1.54) is 4.90 Å². The van der Waals surface area contributed by atoms with E-state index in [9.17, 15) is 19.2 Å². The van der Waals surface area contributed by atoms with Gasteiger partial charge in [-0.25, -0.2) is 0 Å². The largest absolute Gasteiger partial charge is 0.427 e. The van der Waals surface area contributed by atoms with Crippen molar-refractivity contribution in [3.8, 4) is 5.75 Å². The summed E-state index contributed by atoms with van der Waals surface area (Å²) in [6, 6.07) is 7.05. The standard InChI is InChI=1S/C28H36Cl2N2O5/c1-18-22(11-12-23(33)31(5)6)27(36)25(19(2)26(18)35)28(3,4)17-24(34)37-21-9-7-20(8-10-21)32(15-13-29)16-14-30/h7-10H,11-17H2,1-6H3. The molecule has 0 spiro atoms. The highest BCUT2D eigenvalue weighted by atomic mass is 35.5. The predicted molar refractivity (Wildman–Crippen MR) is 147 cm³/mol. The Bertz CT molecular complexity index is 1100. The van der Waals surface area contributed by atoms with Crippen LogP contribution in [0.5, 0.6) is 5.75 Å². The van der Waals surface area contributed by atoms with Gasteiger partial charge in [0, 0.05) is 78.8 Å². The van der Waals surface area contributed by atoms with E-state index in [1.807, 2.05) is 17.0 Å². The van der Waals surface area contributed by atoms with Gasteiger partial charge in [-0.1, -0.05) is 13.8 Å². The van der Waals surface area contributed by atoms with E-state index < -0.39 is 11.4 Å². The Kier molecular flexibility index (Phi) is 10.9. The fraction of sp³-hybridized carbons (Fsp3) is 0.500. The molecule has 7 nitrogen and oxygen atoms in total. The lowest BCUT2D eigenvalue weighted by atomic mass is 9.70. The van der Waals surface area contributed by atoms with E-state index in [1.54, 1.807) is 53.9 Å². The van der Waals surface area contributed by atoms with Gasteiger partial charge in [-0.15, -0.1) is 23.2 Å². The molecule has 0 aromatic heterocycles. The lowest BCUT2D eigenvalue weighted by molar-refractivity contribution is -0.136. The third kappa shape index (κ3) is 7.68. The number of amides is 1. The van der Waals surface area contributed by atoms with E-state index in [2.05, 4.69) is 0 Å². The number of alkyl halides is 2. The van der Waals surface area contributed by atoms with Crippen LogP contribution in [-0.4, -0.2) is 67.3 Å². The zero-order chi connectivity index (χ0) is 27.9. The Labute approximate surface area is 229 Å². The van der Waals surface area contributed by atoms with Crippen LogP contribution in [0.15, 0.2) is 46.6 Å². The second-order valence-electron chi connectivity index (χ2n) is 9.94. The minimum absolute atomic E-state index is 0.103. The Balaban J connectivity index is 2.17. The molecule has 0 aliphatic heterocycles. The maximum Gasteiger partial charge on any atom is 0.312 e. The Morgan fingerprint density at radius 3 is 2.00 bits per heavy atom. The number of carbonyl (C=O) groups excluding carboxylic acids is 4. The molecule has 1 aromatic carbocycles. The number of ether oxygens (including phenoxy) is 1. The molecule has 0 bridgehead atoms. The highest BCUT2D eigenvalue weighted by Gasteiger charge is 2.40. The fourth-order valence-corrected chi connectivity index (χ4v) is 4.92. The molecule has 0 atom stereocenters. The van der Waals surface area contributed by atoms with Crippen LogP contribution < -0.4 is 9.64 Å². The number of rotatable bonds is 12. The average Bonchev–Trinajstić information content (AvgIpc) is 2.82. The topological polar surface area (TPSA) is 84.0 Å². The number of hydrogen-bond acceptors (Lipinski definition) is 6. The molecule has 0 N–H and O–H groups in total. The van der Waals surface area contributed by atoms with Crippen LogP contribution in [0, 0.1) is 5.41 Å². The van der Waals surface area contributed by atoms with Crippen molar-refractivity contribution in [3.05, 3.63) is 46.6 Å². The Morgan fingerprint density at radius 2 is 1.49 bits per heavy atom. The molecule has 1 aliphatic carbocycles. The van der Waals surface area contributed by atoms with Gasteiger partial charge in [0.1, 0.15) is 5.75 Å². The van der Waals surface area contributed by atoms with Gasteiger partial charge in [0.05, 0.1) is 6.42 Å². The molecule has 202 valence electrons. The van der Waals surface area contributed by atoms with Gasteiger partial charge in [0.25, 0.3) is 0 Å². The summed E-state index contributed by atoms with van der Waals surface area (Å²) in [5, 5.41) is 0. The normalized spacial score (nSPS) is 14.3. The first kappa shape index (κ1) is 30.6. The third-order valence-corrected chi connectivity index (χ3v) is 6.84. The summed E-state index contributed by atoms with van der Waals surface area (Å²) in [7, 11) is 3.29. The molecule has 1 aromatic rings. The van der Waals surface area contributed by atoms with Crippen molar-refractivity contribution in [2.75, 3.05) is 43.8 Å². The van der Waals surface area contributed by atoms with E-state index in [4.69, 9.17) is 27.9 Å². The summed E-state index contributed by atoms with van der Waals surface area (Å²) in [6.07, 6.45) is 0.187. The predicted octanol–water partition coefficient (Wildman–Crippen LogP) is 4.95. The van der Waals surface area contributed by atoms with Gasteiger partial charge in [-0.2, -0.15) is 0 Å². The van der Waals surface area contributed by atoms with Crippen molar-refractivity contribution in [3.63, 3.8) is 0 Å². The molecule has 1 aliphatic rings. The average molecular weight is 552 g/mol. The summed E-state index contributed by atoms with van der Waals surface area (Å²) < 4.78 is 5.56. The quantitative estimate of drug-likeness (QED) is 0.158. The summed E-state index contributed by atoms with van der Waals surface area (Å²) in [5.41, 5.74) is 1.26. The maximum absolute atomic E-state index is 13.5. The van der Waals surface area contributed by atoms with Crippen molar-refractivity contribution in [2.45, 2.75) is 47.0 Å². The number of allylic oxidation sites excluding steroid dienone is 4. The van der Waals surface area contributed by atoms with Gasteiger partial charge in [-0.3, -0.25) is 19.2 Å². The monoisotopic (exact) mass is 550 g/mol. The van der Waals surface area contributed by atoms with Crippen molar-refractivity contribution in [1.82, 2.24) is 4.90 Å². The second kappa shape index (κ2) is 13.2. The summed E-state index contributed by atoms with van der Waals surface area (Å²) >= 11 is 11.8. The number of esters is 1. The summed E-state index contributed by atoms with van der Waals surface area (Å²) in [5.74, 6) is 0.113. The van der Waals surface area contributed by atoms with Crippen molar-refractivity contribution < 1.29 is 23.9 Å². The zero-order valence-electron chi connectivity index (χ0n) is 22.5. The van der Waals surface area contributed by atoms with E-state index >= 15 is 0 Å². The molecule has 9 heteroatoms. The minimum atomic E-state index is -0.956. The molecule has 0 heterocycles. The number of hydrogen-bond donors (Lipinski definition) is 0. The van der Waals surface area contributed by atoms with Crippen LogP contribution in [0.25, 0.3) is 0 Å². The Morgan fingerprint density at radius 1 is 0.919 bits per heavy atom. The molecule has 0 radical (unpaired) electrons. The molecule has 2 rings (SSSR count). The van der Waals surface area contributed by atoms with Crippen LogP contribution in [0.1, 0.15) is 47.0 Å². The molecular formula is C28H36Cl2N2O5. The van der Waals surface area contributed by atoms with Gasteiger partial charge in [0.2, 0.25) is 5.91 Å². The van der Waals surface area contributed by atoms with Gasteiger partial charge in [0.15, 0.2) is 11.6 Å². The number of halogens is 2. The smallest absolute Gasteiger partial charge is 0.312 e. The van der Waals surface area contributed by atoms with Crippen molar-refractivity contribution in [1.29, 1.82) is 0 Å². The van der Waals surface area contributed by atoms with Crippen LogP contribution >= 0.6 is 23.2 Å². The highest BCUT2D eigenvalue weighted by Crippen LogP contribution is 2.40. The number of benzene rings is 1. The molecule has 0 fully saturated rings. The molecule has 0 saturated carbocycles. The first-order valence-electron chi connectivity index (χ1n) is 12.2.